The lowest BCUT2D eigenvalue weighted by Gasteiger charge is -2.42. The second-order valence-electron chi connectivity index (χ2n) is 9.39. The van der Waals surface area contributed by atoms with Gasteiger partial charge in [0.05, 0.1) is 36.5 Å². The van der Waals surface area contributed by atoms with E-state index in [0.717, 1.165) is 5.01 Å². The van der Waals surface area contributed by atoms with E-state index in [1.165, 1.54) is 23.5 Å². The lowest BCUT2D eigenvalue weighted by Crippen LogP contribution is -2.52. The molecule has 3 heterocycles. The molecular weight excluding hydrogens is 533 g/mol. The molecule has 2 N–H and O–H groups in total. The number of morpholine rings is 1. The summed E-state index contributed by atoms with van der Waals surface area (Å²) >= 11 is 7.93. The Hall–Kier alpha value is -2.79. The van der Waals surface area contributed by atoms with Crippen molar-refractivity contribution in [2.75, 3.05) is 26.3 Å². The largest absolute Gasteiger partial charge is 0.481 e. The van der Waals surface area contributed by atoms with E-state index in [2.05, 4.69) is 15.2 Å². The van der Waals surface area contributed by atoms with Gasteiger partial charge in [-0.2, -0.15) is 0 Å². The Morgan fingerprint density at radius 3 is 2.87 bits per heavy atom. The number of allylic oxidation sites excluding steroid dienone is 1. The number of aromatic nitrogens is 1. The van der Waals surface area contributed by atoms with Gasteiger partial charge in [0.15, 0.2) is 0 Å². The van der Waals surface area contributed by atoms with Crippen molar-refractivity contribution in [3.8, 4) is 0 Å². The molecule has 2 aromatic rings. The average Bonchev–Trinajstić information content (AvgIpc) is 3.41. The van der Waals surface area contributed by atoms with Gasteiger partial charge in [-0.1, -0.05) is 24.6 Å². The zero-order valence-electron chi connectivity index (χ0n) is 21.4. The summed E-state index contributed by atoms with van der Waals surface area (Å²) < 4.78 is 25.3. The summed E-state index contributed by atoms with van der Waals surface area (Å²) in [5.41, 5.74) is 2.23. The minimum absolute atomic E-state index is 0.176. The maximum absolute atomic E-state index is 13.9. The van der Waals surface area contributed by atoms with Gasteiger partial charge in [-0.3, -0.25) is 9.69 Å². The van der Waals surface area contributed by atoms with Gasteiger partial charge < -0.3 is 19.9 Å². The number of halogens is 2. The zero-order valence-corrected chi connectivity index (χ0v) is 23.0. The number of hydrogen-bond donors (Lipinski definition) is 2. The number of nitrogens with zero attached hydrogens (tertiary/aromatic N) is 2. The smallest absolute Gasteiger partial charge is 0.336 e. The summed E-state index contributed by atoms with van der Waals surface area (Å²) in [5, 5.41) is 15.7. The number of nitrogens with one attached hydrogen (secondary N) is 1. The van der Waals surface area contributed by atoms with Crippen molar-refractivity contribution in [2.45, 2.75) is 45.3 Å². The van der Waals surface area contributed by atoms with Crippen LogP contribution < -0.4 is 5.32 Å². The number of rotatable bonds is 9. The minimum atomic E-state index is -0.870. The van der Waals surface area contributed by atoms with Gasteiger partial charge in [0, 0.05) is 47.3 Å². The molecule has 1 saturated heterocycles. The third kappa shape index (κ3) is 6.26. The monoisotopic (exact) mass is 563 g/mol. The van der Waals surface area contributed by atoms with Gasteiger partial charge in [0.2, 0.25) is 0 Å². The number of ether oxygens (including phenoxy) is 2. The van der Waals surface area contributed by atoms with Crippen LogP contribution in [0.25, 0.3) is 5.70 Å². The highest BCUT2D eigenvalue weighted by molar-refractivity contribution is 7.10. The molecule has 2 aliphatic heterocycles. The quantitative estimate of drug-likeness (QED) is 0.424. The molecule has 1 unspecified atom stereocenters. The predicted molar refractivity (Wildman–Crippen MR) is 143 cm³/mol. The number of carbonyl (C=O) groups is 2. The summed E-state index contributed by atoms with van der Waals surface area (Å²) in [6, 6.07) is 3.93. The summed E-state index contributed by atoms with van der Waals surface area (Å²) in [6.45, 7) is 6.87. The third-order valence-corrected chi connectivity index (χ3v) is 7.99. The van der Waals surface area contributed by atoms with E-state index in [9.17, 15) is 19.1 Å². The fourth-order valence-electron chi connectivity index (χ4n) is 4.91. The predicted octanol–water partition coefficient (Wildman–Crippen LogP) is 4.68. The third-order valence-electron chi connectivity index (χ3n) is 6.86. The molecule has 0 radical (unpaired) electrons. The van der Waals surface area contributed by atoms with Crippen LogP contribution in [0.1, 0.15) is 43.7 Å². The van der Waals surface area contributed by atoms with E-state index in [1.807, 2.05) is 18.4 Å². The molecule has 4 atom stereocenters. The maximum Gasteiger partial charge on any atom is 0.336 e. The van der Waals surface area contributed by atoms with Crippen LogP contribution in [0.3, 0.4) is 0 Å². The topological polar surface area (TPSA) is 101 Å². The van der Waals surface area contributed by atoms with Crippen molar-refractivity contribution in [1.82, 2.24) is 15.2 Å². The van der Waals surface area contributed by atoms with Crippen molar-refractivity contribution in [3.05, 3.63) is 68.5 Å². The van der Waals surface area contributed by atoms with Gasteiger partial charge in [0.1, 0.15) is 10.8 Å². The van der Waals surface area contributed by atoms with Gasteiger partial charge in [-0.25, -0.2) is 14.2 Å². The molecule has 1 fully saturated rings. The minimum Gasteiger partial charge on any atom is -0.481 e. The first-order chi connectivity index (χ1) is 18.2. The van der Waals surface area contributed by atoms with Gasteiger partial charge >= 0.3 is 11.9 Å². The highest BCUT2D eigenvalue weighted by Crippen LogP contribution is 2.39. The Labute approximate surface area is 230 Å². The number of benzene rings is 1. The number of carbonyl (C=O) groups excluding carboxylic acids is 1. The van der Waals surface area contributed by atoms with E-state index in [4.69, 9.17) is 21.1 Å². The van der Waals surface area contributed by atoms with Crippen LogP contribution in [-0.2, 0) is 19.1 Å². The number of esters is 1. The average molecular weight is 564 g/mol. The number of carboxylic acid groups (broad SMARTS) is 1. The first kappa shape index (κ1) is 28.2. The molecule has 0 spiro atoms. The SMILES string of the molecule is CCOC(=O)C1=C(CN2CCO[C@H](C)[C@H]2CC(C)C(=O)O)NC(c2nccs2)=C[C@H]1c1ccc(F)cc1Cl. The normalized spacial score (nSPS) is 23.0. The Balaban J connectivity index is 1.80. The fraction of sp³-hybridized carbons (Fsp3) is 0.444. The van der Waals surface area contributed by atoms with Crippen molar-refractivity contribution in [2.24, 2.45) is 5.92 Å². The number of aliphatic carboxylic acids is 1. The van der Waals surface area contributed by atoms with E-state index < -0.39 is 29.6 Å². The van der Waals surface area contributed by atoms with Crippen molar-refractivity contribution < 1.29 is 28.6 Å². The molecule has 38 heavy (non-hydrogen) atoms. The molecule has 204 valence electrons. The van der Waals surface area contributed by atoms with Crippen LogP contribution in [-0.4, -0.2) is 65.4 Å². The van der Waals surface area contributed by atoms with Crippen molar-refractivity contribution in [1.29, 1.82) is 0 Å². The van der Waals surface area contributed by atoms with E-state index >= 15 is 0 Å². The number of carboxylic acids is 1. The van der Waals surface area contributed by atoms with Crippen LogP contribution >= 0.6 is 22.9 Å². The van der Waals surface area contributed by atoms with E-state index in [0.29, 0.717) is 48.6 Å². The lowest BCUT2D eigenvalue weighted by molar-refractivity contribution is -0.143. The van der Waals surface area contributed by atoms with Gasteiger partial charge in [-0.05, 0) is 44.0 Å². The van der Waals surface area contributed by atoms with Gasteiger partial charge in [0.25, 0.3) is 0 Å². The van der Waals surface area contributed by atoms with Crippen molar-refractivity contribution >= 4 is 40.6 Å². The standard InChI is InChI=1S/C27H31ClFN3O5S/c1-4-36-27(35)24-19(18-6-5-17(29)12-20(18)28)13-21(25-30-7-10-38-25)31-22(24)14-32-8-9-37-16(3)23(32)11-15(2)26(33)34/h5-7,10,12-13,15-16,19,23,31H,4,8-9,11,14H2,1-3H3,(H,33,34)/t15?,16-,19+,23-/m1/s1. The molecule has 8 nitrogen and oxygen atoms in total. The Kier molecular flexibility index (Phi) is 9.19. The summed E-state index contributed by atoms with van der Waals surface area (Å²) in [7, 11) is 0. The summed E-state index contributed by atoms with van der Waals surface area (Å²) in [4.78, 5) is 31.6. The van der Waals surface area contributed by atoms with Crippen LogP contribution in [0.4, 0.5) is 4.39 Å². The van der Waals surface area contributed by atoms with Crippen LogP contribution in [0, 0.1) is 11.7 Å². The van der Waals surface area contributed by atoms with Crippen LogP contribution in [0.15, 0.2) is 47.1 Å². The van der Waals surface area contributed by atoms with Crippen LogP contribution in [0.5, 0.6) is 0 Å². The lowest BCUT2D eigenvalue weighted by atomic mass is 9.85. The first-order valence-corrected chi connectivity index (χ1v) is 13.8. The van der Waals surface area contributed by atoms with E-state index in [-0.39, 0.29) is 23.8 Å². The molecule has 0 saturated carbocycles. The van der Waals surface area contributed by atoms with Gasteiger partial charge in [-0.15, -0.1) is 11.3 Å². The second kappa shape index (κ2) is 12.4. The Morgan fingerprint density at radius 2 is 2.21 bits per heavy atom. The number of thiazole rings is 1. The Bertz CT molecular complexity index is 1240. The molecule has 4 rings (SSSR count). The summed E-state index contributed by atoms with van der Waals surface area (Å²) in [5.74, 6) is -3.04. The molecule has 2 aliphatic rings. The molecule has 0 aliphatic carbocycles. The summed E-state index contributed by atoms with van der Waals surface area (Å²) in [6.07, 6.45) is 3.75. The first-order valence-electron chi connectivity index (χ1n) is 12.5. The highest BCUT2D eigenvalue weighted by atomic mass is 35.5. The molecule has 1 aromatic carbocycles. The molecular formula is C27H31ClFN3O5S. The number of dihydropyridines is 1. The fourth-order valence-corrected chi connectivity index (χ4v) is 5.81. The molecule has 0 amide bonds. The Morgan fingerprint density at radius 1 is 1.42 bits per heavy atom. The molecule has 1 aromatic heterocycles. The second-order valence-corrected chi connectivity index (χ2v) is 10.7. The van der Waals surface area contributed by atoms with E-state index in [1.54, 1.807) is 26.1 Å². The molecule has 11 heteroatoms. The number of hydrogen-bond acceptors (Lipinski definition) is 8. The maximum atomic E-state index is 13.9. The highest BCUT2D eigenvalue weighted by Gasteiger charge is 2.37. The zero-order chi connectivity index (χ0) is 27.4. The van der Waals surface area contributed by atoms with Crippen LogP contribution in [0.2, 0.25) is 5.02 Å². The van der Waals surface area contributed by atoms with Crippen molar-refractivity contribution in [3.63, 3.8) is 0 Å². The molecule has 0 bridgehead atoms.